The number of hydrogen-bond donors (Lipinski definition) is 0. The van der Waals surface area contributed by atoms with Crippen molar-refractivity contribution >= 4 is 19.5 Å². The summed E-state index contributed by atoms with van der Waals surface area (Å²) in [6, 6.07) is 4.82. The van der Waals surface area contributed by atoms with Crippen molar-refractivity contribution in [3.8, 4) is 0 Å². The minimum Gasteiger partial charge on any atom is -0.296 e. The Hall–Kier alpha value is -1.22. The molecule has 0 saturated carbocycles. The number of carbonyl (C=O) groups is 1. The van der Waals surface area contributed by atoms with Gasteiger partial charge in [-0.2, -0.15) is 0 Å². The van der Waals surface area contributed by atoms with Gasteiger partial charge in [0.05, 0.1) is 8.07 Å². The third kappa shape index (κ3) is 2.39. The molecule has 14 heavy (non-hydrogen) atoms. The first-order valence-electron chi connectivity index (χ1n) is 4.63. The lowest BCUT2D eigenvalue weighted by atomic mass is 10.4. The summed E-state index contributed by atoms with van der Waals surface area (Å²) in [7, 11) is -1.41. The SMILES string of the molecule is C=CC[Si](C)(C)c1ccc(C=O)nc1. The van der Waals surface area contributed by atoms with E-state index in [0.717, 1.165) is 12.3 Å². The zero-order valence-electron chi connectivity index (χ0n) is 8.66. The molecule has 1 heterocycles. The maximum Gasteiger partial charge on any atom is 0.168 e. The van der Waals surface area contributed by atoms with Crippen molar-refractivity contribution in [1.29, 1.82) is 0 Å². The van der Waals surface area contributed by atoms with E-state index in [2.05, 4.69) is 24.7 Å². The van der Waals surface area contributed by atoms with Crippen LogP contribution in [-0.2, 0) is 0 Å². The van der Waals surface area contributed by atoms with Crippen molar-refractivity contribution < 1.29 is 4.79 Å². The molecule has 0 atom stereocenters. The van der Waals surface area contributed by atoms with Gasteiger partial charge in [0.25, 0.3) is 0 Å². The van der Waals surface area contributed by atoms with E-state index in [1.807, 2.05) is 18.3 Å². The van der Waals surface area contributed by atoms with Crippen molar-refractivity contribution in [1.82, 2.24) is 4.98 Å². The Balaban J connectivity index is 2.95. The quantitative estimate of drug-likeness (QED) is 0.427. The van der Waals surface area contributed by atoms with Gasteiger partial charge < -0.3 is 0 Å². The second-order valence-corrected chi connectivity index (χ2v) is 8.72. The Morgan fingerprint density at radius 2 is 2.21 bits per heavy atom. The zero-order valence-corrected chi connectivity index (χ0v) is 9.66. The van der Waals surface area contributed by atoms with Gasteiger partial charge in [-0.15, -0.1) is 6.58 Å². The van der Waals surface area contributed by atoms with Gasteiger partial charge >= 0.3 is 0 Å². The first-order chi connectivity index (χ1) is 6.60. The summed E-state index contributed by atoms with van der Waals surface area (Å²) in [5.74, 6) is 0. The molecule has 0 bridgehead atoms. The largest absolute Gasteiger partial charge is 0.296 e. The summed E-state index contributed by atoms with van der Waals surface area (Å²) in [5, 5.41) is 1.27. The second-order valence-electron chi connectivity index (χ2n) is 3.97. The fraction of sp³-hybridized carbons (Fsp3) is 0.273. The Bertz CT molecular complexity index is 330. The van der Waals surface area contributed by atoms with Gasteiger partial charge in [0.1, 0.15) is 5.69 Å². The van der Waals surface area contributed by atoms with E-state index >= 15 is 0 Å². The Morgan fingerprint density at radius 3 is 2.64 bits per heavy atom. The third-order valence-corrected chi connectivity index (χ3v) is 5.51. The van der Waals surface area contributed by atoms with Crippen LogP contribution in [0, 0.1) is 0 Å². The normalized spacial score (nSPS) is 11.0. The van der Waals surface area contributed by atoms with Crippen LogP contribution in [0.3, 0.4) is 0 Å². The average Bonchev–Trinajstić information content (AvgIpc) is 2.18. The topological polar surface area (TPSA) is 30.0 Å². The Kier molecular flexibility index (Phi) is 3.36. The fourth-order valence-electron chi connectivity index (χ4n) is 1.35. The van der Waals surface area contributed by atoms with Gasteiger partial charge in [0.15, 0.2) is 6.29 Å². The van der Waals surface area contributed by atoms with Gasteiger partial charge in [-0.1, -0.05) is 25.2 Å². The molecule has 0 aliphatic rings. The van der Waals surface area contributed by atoms with Gasteiger partial charge in [-0.3, -0.25) is 9.78 Å². The average molecular weight is 205 g/mol. The summed E-state index contributed by atoms with van der Waals surface area (Å²) in [6.07, 6.45) is 4.55. The number of nitrogens with zero attached hydrogens (tertiary/aromatic N) is 1. The van der Waals surface area contributed by atoms with Crippen molar-refractivity contribution in [2.75, 3.05) is 0 Å². The molecule has 0 aliphatic carbocycles. The third-order valence-electron chi connectivity index (χ3n) is 2.34. The lowest BCUT2D eigenvalue weighted by Crippen LogP contribution is -2.40. The van der Waals surface area contributed by atoms with Crippen LogP contribution in [0.1, 0.15) is 10.5 Å². The fourth-order valence-corrected chi connectivity index (χ4v) is 3.26. The number of pyridine rings is 1. The summed E-state index contributed by atoms with van der Waals surface area (Å²) >= 11 is 0. The van der Waals surface area contributed by atoms with Crippen LogP contribution in [0.5, 0.6) is 0 Å². The standard InChI is InChI=1S/C11H15NOSi/c1-4-7-14(2,3)11-6-5-10(9-13)12-8-11/h4-6,8-9H,1,7H2,2-3H3. The number of hydrogen-bond acceptors (Lipinski definition) is 2. The lowest BCUT2D eigenvalue weighted by Gasteiger charge is -2.20. The van der Waals surface area contributed by atoms with Gasteiger partial charge in [0, 0.05) is 6.20 Å². The predicted molar refractivity (Wildman–Crippen MR) is 61.7 cm³/mol. The summed E-state index contributed by atoms with van der Waals surface area (Å²) in [4.78, 5) is 14.5. The lowest BCUT2D eigenvalue weighted by molar-refractivity contribution is 0.111. The zero-order chi connectivity index (χ0) is 10.6. The van der Waals surface area contributed by atoms with Crippen molar-refractivity contribution in [3.05, 3.63) is 36.7 Å². The second kappa shape index (κ2) is 4.33. The minimum absolute atomic E-state index is 0.497. The molecule has 0 unspecified atom stereocenters. The molecule has 0 saturated heterocycles. The van der Waals surface area contributed by atoms with E-state index in [-0.39, 0.29) is 0 Å². The van der Waals surface area contributed by atoms with E-state index in [4.69, 9.17) is 0 Å². The Morgan fingerprint density at radius 1 is 1.50 bits per heavy atom. The number of allylic oxidation sites excluding steroid dienone is 1. The van der Waals surface area contributed by atoms with E-state index in [1.54, 1.807) is 6.07 Å². The smallest absolute Gasteiger partial charge is 0.168 e. The van der Waals surface area contributed by atoms with Crippen LogP contribution in [0.15, 0.2) is 31.0 Å². The van der Waals surface area contributed by atoms with E-state index in [0.29, 0.717) is 5.69 Å². The number of aldehydes is 1. The highest BCUT2D eigenvalue weighted by molar-refractivity contribution is 6.90. The molecule has 1 aromatic heterocycles. The molecule has 0 aromatic carbocycles. The molecule has 0 radical (unpaired) electrons. The highest BCUT2D eigenvalue weighted by atomic mass is 28.3. The van der Waals surface area contributed by atoms with Crippen LogP contribution in [0.4, 0.5) is 0 Å². The minimum atomic E-state index is -1.41. The van der Waals surface area contributed by atoms with Crippen molar-refractivity contribution in [2.24, 2.45) is 0 Å². The molecule has 74 valence electrons. The van der Waals surface area contributed by atoms with Gasteiger partial charge in [-0.25, -0.2) is 0 Å². The summed E-state index contributed by atoms with van der Waals surface area (Å²) < 4.78 is 0. The molecule has 2 nitrogen and oxygen atoms in total. The summed E-state index contributed by atoms with van der Waals surface area (Å²) in [5.41, 5.74) is 0.497. The Labute approximate surface area is 85.7 Å². The van der Waals surface area contributed by atoms with Crippen LogP contribution in [0.2, 0.25) is 19.1 Å². The first kappa shape index (κ1) is 10.9. The molecular formula is C11H15NOSi. The molecule has 1 aromatic rings. The highest BCUT2D eigenvalue weighted by Crippen LogP contribution is 2.09. The molecule has 3 heteroatoms. The van der Waals surface area contributed by atoms with Crippen LogP contribution < -0.4 is 5.19 Å². The van der Waals surface area contributed by atoms with E-state index < -0.39 is 8.07 Å². The molecule has 0 N–H and O–H groups in total. The summed E-state index contributed by atoms with van der Waals surface area (Å²) in [6.45, 7) is 8.30. The van der Waals surface area contributed by atoms with E-state index in [9.17, 15) is 4.79 Å². The molecule has 0 amide bonds. The van der Waals surface area contributed by atoms with Gasteiger partial charge in [-0.05, 0) is 17.3 Å². The maximum atomic E-state index is 10.4. The van der Waals surface area contributed by atoms with Crippen LogP contribution >= 0.6 is 0 Å². The molecule has 0 fully saturated rings. The molecule has 0 aliphatic heterocycles. The number of carbonyl (C=O) groups excluding carboxylic acids is 1. The van der Waals surface area contributed by atoms with Crippen LogP contribution in [-0.4, -0.2) is 19.3 Å². The molecular weight excluding hydrogens is 190 g/mol. The van der Waals surface area contributed by atoms with E-state index in [1.165, 1.54) is 5.19 Å². The predicted octanol–water partition coefficient (Wildman–Crippen LogP) is 2.00. The van der Waals surface area contributed by atoms with Crippen molar-refractivity contribution in [2.45, 2.75) is 19.1 Å². The molecule has 1 rings (SSSR count). The first-order valence-corrected chi connectivity index (χ1v) is 7.83. The number of rotatable bonds is 4. The van der Waals surface area contributed by atoms with Gasteiger partial charge in [0.2, 0.25) is 0 Å². The molecule has 0 spiro atoms. The van der Waals surface area contributed by atoms with Crippen molar-refractivity contribution in [3.63, 3.8) is 0 Å². The maximum absolute atomic E-state index is 10.4. The highest BCUT2D eigenvalue weighted by Gasteiger charge is 2.21. The number of aromatic nitrogens is 1. The monoisotopic (exact) mass is 205 g/mol. The van der Waals surface area contributed by atoms with Crippen LogP contribution in [0.25, 0.3) is 0 Å².